The van der Waals surface area contributed by atoms with E-state index in [9.17, 15) is 53.7 Å². The predicted molar refractivity (Wildman–Crippen MR) is 282 cm³/mol. The number of carbonyl (C=O) groups is 2. The quantitative estimate of drug-likeness (QED) is 0.0107. The van der Waals surface area contributed by atoms with Crippen LogP contribution < -0.4 is 11.4 Å². The van der Waals surface area contributed by atoms with Crippen molar-refractivity contribution >= 4 is 33.4 Å². The first kappa shape index (κ1) is 65.7. The molecule has 1 fully saturated rings. The lowest BCUT2D eigenvalue weighted by atomic mass is 10.1. The van der Waals surface area contributed by atoms with Crippen LogP contribution in [-0.4, -0.2) is 108 Å². The van der Waals surface area contributed by atoms with E-state index in [0.717, 1.165) is 62.1 Å². The van der Waals surface area contributed by atoms with Gasteiger partial charge in [-0.3, -0.25) is 23.2 Å². The van der Waals surface area contributed by atoms with Gasteiger partial charge in [0.2, 0.25) is 0 Å². The van der Waals surface area contributed by atoms with E-state index in [2.05, 4.69) is 40.5 Å². The van der Waals surface area contributed by atoms with Crippen LogP contribution in [0.4, 0.5) is 5.82 Å². The number of anilines is 1. The second kappa shape index (κ2) is 39.0. The monoisotopic (exact) mass is 1080 g/mol. The number of hydrogen-bond acceptors (Lipinski definition) is 17. The largest absolute Gasteiger partial charge is 0.481 e. The molecule has 0 amide bonds. The molecule has 22 heteroatoms. The standard InChI is InChI=1S/C52H81N3O17P2/c1-3-5-7-8-9-10-11-12-13-14-15-16-20-23-29-36-48(59)70-44(39-67-47(58)35-30-24-28-34-43(57)33-27-22-19-17-18-21-26-32-42(56)31-25-6-4-2)40-68-73(63,64)72-74(65,66)69-41-45-49(60)50(61)51(71-45)55-38-37-46(53)54-52(55)62/h6,9-10,12-13,18-19,21-22,25-28,32-34,37-38,42-45,49-51,56-57,60-61H,3-5,7-8,11,14-17,20,23-24,29-31,35-36,39-41H2,1-2H3,(H,63,64)(H,65,66)(H2,53,54,62)/b10-9-,13-12-,21-18-,22-19-,25-6-,32-26+,33-27+,34-28-/t42-,43-,44-,45-,49-,50-,51-/m1/s1. The van der Waals surface area contributed by atoms with Crippen molar-refractivity contribution in [2.24, 2.45) is 0 Å². The molecule has 74 heavy (non-hydrogen) atoms. The van der Waals surface area contributed by atoms with Gasteiger partial charge in [-0.1, -0.05) is 143 Å². The first-order valence-electron chi connectivity index (χ1n) is 25.5. The molecule has 0 spiro atoms. The number of unbranched alkanes of at least 4 members (excludes halogenated alkanes) is 9. The zero-order chi connectivity index (χ0) is 54.5. The van der Waals surface area contributed by atoms with Crippen LogP contribution in [0.25, 0.3) is 0 Å². The second-order valence-corrected chi connectivity index (χ2v) is 20.4. The molecule has 1 aliphatic rings. The van der Waals surface area contributed by atoms with E-state index in [4.69, 9.17) is 29.0 Å². The first-order chi connectivity index (χ1) is 35.5. The Bertz CT molecular complexity index is 2160. The third-order valence-electron chi connectivity index (χ3n) is 10.8. The van der Waals surface area contributed by atoms with Crippen LogP contribution in [0.5, 0.6) is 0 Å². The molecule has 2 rings (SSSR count). The highest BCUT2D eigenvalue weighted by molar-refractivity contribution is 7.61. The number of esters is 2. The van der Waals surface area contributed by atoms with Gasteiger partial charge in [-0.2, -0.15) is 9.29 Å². The molecule has 9 atom stereocenters. The van der Waals surface area contributed by atoms with Crippen LogP contribution in [0.2, 0.25) is 0 Å². The van der Waals surface area contributed by atoms with Gasteiger partial charge < -0.3 is 50.2 Å². The summed E-state index contributed by atoms with van der Waals surface area (Å²) in [6.07, 6.45) is 35.6. The minimum absolute atomic E-state index is 0.0148. The number of aromatic nitrogens is 2. The van der Waals surface area contributed by atoms with Crippen molar-refractivity contribution in [3.63, 3.8) is 0 Å². The van der Waals surface area contributed by atoms with E-state index >= 15 is 0 Å². The van der Waals surface area contributed by atoms with Crippen molar-refractivity contribution in [3.05, 3.63) is 120 Å². The van der Waals surface area contributed by atoms with E-state index in [1.807, 2.05) is 37.3 Å². The van der Waals surface area contributed by atoms with Crippen LogP contribution >= 0.6 is 15.6 Å². The summed E-state index contributed by atoms with van der Waals surface area (Å²) in [7, 11) is -10.9. The Morgan fingerprint density at radius 3 is 2.08 bits per heavy atom. The number of ether oxygens (including phenoxy) is 3. The Hall–Kier alpha value is -4.40. The fourth-order valence-corrected chi connectivity index (χ4v) is 8.96. The molecule has 1 aromatic heterocycles. The summed E-state index contributed by atoms with van der Waals surface area (Å²) >= 11 is 0. The summed E-state index contributed by atoms with van der Waals surface area (Å²) in [5, 5.41) is 41.0. The second-order valence-electron chi connectivity index (χ2n) is 17.3. The maximum atomic E-state index is 12.9. The van der Waals surface area contributed by atoms with Crippen molar-refractivity contribution in [3.8, 4) is 0 Å². The highest BCUT2D eigenvalue weighted by Crippen LogP contribution is 2.60. The van der Waals surface area contributed by atoms with E-state index in [-0.39, 0.29) is 18.7 Å². The van der Waals surface area contributed by atoms with Crippen molar-refractivity contribution < 1.29 is 76.5 Å². The normalized spacial score (nSPS) is 20.5. The summed E-state index contributed by atoms with van der Waals surface area (Å²) in [5.74, 6) is -1.52. The van der Waals surface area contributed by atoms with E-state index in [1.165, 1.54) is 25.3 Å². The van der Waals surface area contributed by atoms with Gasteiger partial charge in [0.1, 0.15) is 30.7 Å². The number of allylic oxidation sites excluding steroid dienone is 12. The summed E-state index contributed by atoms with van der Waals surface area (Å²) in [5.41, 5.74) is 4.56. The number of nitrogens with two attached hydrogens (primary N) is 1. The maximum Gasteiger partial charge on any atom is 0.481 e. The van der Waals surface area contributed by atoms with Crippen molar-refractivity contribution in [1.29, 1.82) is 0 Å². The van der Waals surface area contributed by atoms with E-state index in [0.29, 0.717) is 32.1 Å². The van der Waals surface area contributed by atoms with Gasteiger partial charge in [-0.25, -0.2) is 13.9 Å². The molecule has 0 radical (unpaired) electrons. The van der Waals surface area contributed by atoms with Crippen molar-refractivity contribution in [2.45, 2.75) is 172 Å². The van der Waals surface area contributed by atoms with Crippen LogP contribution in [0.1, 0.15) is 136 Å². The van der Waals surface area contributed by atoms with Gasteiger partial charge in [0, 0.05) is 19.0 Å². The van der Waals surface area contributed by atoms with E-state index < -0.39 is 95.9 Å². The van der Waals surface area contributed by atoms with Crippen LogP contribution in [0, 0.1) is 0 Å². The van der Waals surface area contributed by atoms with Crippen LogP contribution in [-0.2, 0) is 46.3 Å². The number of aliphatic hydroxyl groups excluding tert-OH is 4. The Morgan fingerprint density at radius 2 is 1.38 bits per heavy atom. The van der Waals surface area contributed by atoms with Crippen molar-refractivity contribution in [2.75, 3.05) is 25.6 Å². The third kappa shape index (κ3) is 31.5. The molecule has 0 bridgehead atoms. The van der Waals surface area contributed by atoms with Crippen LogP contribution in [0.15, 0.2) is 114 Å². The molecule has 1 aromatic rings. The molecule has 20 nitrogen and oxygen atoms in total. The van der Waals surface area contributed by atoms with Gasteiger partial charge in [0.05, 0.1) is 25.4 Å². The molecule has 0 saturated carbocycles. The highest BCUT2D eigenvalue weighted by Gasteiger charge is 2.46. The van der Waals surface area contributed by atoms with Crippen molar-refractivity contribution in [1.82, 2.24) is 9.55 Å². The molecule has 1 saturated heterocycles. The molecular formula is C52H81N3O17P2. The Balaban J connectivity index is 1.87. The number of phosphoric acid groups is 2. The Kier molecular flexibility index (Phi) is 34.7. The SMILES string of the molecule is CC/C=C\C[C@@H](O)/C=C/C=C\C/C=C\C=C\[C@@H](O)/C=C\CCCC(=O)OC[C@H](COP(=O)(O)OP(=O)(O)OC[C@H]1O[C@@H](n2ccc(N)nc2=O)[C@H](O)[C@@H]1O)OC(=O)CCCCCCC/C=C\C/C=C\CCCCC. The minimum atomic E-state index is -5.48. The fraction of sp³-hybridized carbons (Fsp3) is 0.577. The molecule has 8 N–H and O–H groups in total. The molecule has 0 aliphatic carbocycles. The van der Waals surface area contributed by atoms with Gasteiger partial charge in [0.15, 0.2) is 12.3 Å². The van der Waals surface area contributed by atoms with Gasteiger partial charge in [0.25, 0.3) is 0 Å². The Labute approximate surface area is 435 Å². The number of hydrogen-bond donors (Lipinski definition) is 7. The zero-order valence-electron chi connectivity index (χ0n) is 42.8. The number of phosphoric ester groups is 2. The lowest BCUT2D eigenvalue weighted by Gasteiger charge is -2.21. The third-order valence-corrected chi connectivity index (χ3v) is 13.4. The van der Waals surface area contributed by atoms with Gasteiger partial charge >= 0.3 is 33.3 Å². The summed E-state index contributed by atoms with van der Waals surface area (Å²) in [4.78, 5) is 61.9. The lowest BCUT2D eigenvalue weighted by Crippen LogP contribution is -2.36. The average molecular weight is 1080 g/mol. The smallest absolute Gasteiger partial charge is 0.462 e. The highest BCUT2D eigenvalue weighted by atomic mass is 31.3. The molecule has 2 heterocycles. The number of carbonyl (C=O) groups excluding carboxylic acids is 2. The van der Waals surface area contributed by atoms with Gasteiger partial charge in [-0.15, -0.1) is 0 Å². The molecule has 2 unspecified atom stereocenters. The molecular weight excluding hydrogens is 1000 g/mol. The lowest BCUT2D eigenvalue weighted by molar-refractivity contribution is -0.161. The first-order valence-corrected chi connectivity index (χ1v) is 28.5. The molecule has 1 aliphatic heterocycles. The summed E-state index contributed by atoms with van der Waals surface area (Å²) in [6, 6.07) is 1.23. The average Bonchev–Trinajstić information content (AvgIpc) is 3.63. The topological polar surface area (TPSA) is 306 Å². The van der Waals surface area contributed by atoms with Gasteiger partial charge in [-0.05, 0) is 76.7 Å². The van der Waals surface area contributed by atoms with Crippen LogP contribution in [0.3, 0.4) is 0 Å². The zero-order valence-corrected chi connectivity index (χ0v) is 44.6. The number of rotatable bonds is 40. The fourth-order valence-electron chi connectivity index (χ4n) is 6.85. The van der Waals surface area contributed by atoms with E-state index in [1.54, 1.807) is 42.5 Å². The number of nitrogen functional groups attached to an aromatic ring is 1. The minimum Gasteiger partial charge on any atom is -0.462 e. The summed E-state index contributed by atoms with van der Waals surface area (Å²) in [6.45, 7) is 1.72. The number of nitrogens with zero attached hydrogens (tertiary/aromatic N) is 2. The maximum absolute atomic E-state index is 12.9. The predicted octanol–water partition coefficient (Wildman–Crippen LogP) is 8.38. The summed E-state index contributed by atoms with van der Waals surface area (Å²) < 4.78 is 56.6. The number of aliphatic hydroxyl groups is 4. The Morgan fingerprint density at radius 1 is 0.743 bits per heavy atom. The molecule has 0 aromatic carbocycles. The molecule has 416 valence electrons.